The molecule has 2 aliphatic rings. The quantitative estimate of drug-likeness (QED) is 0.770. The van der Waals surface area contributed by atoms with Crippen LogP contribution in [0, 0.1) is 17.2 Å². The molecule has 3 rings (SSSR count). The highest BCUT2D eigenvalue weighted by molar-refractivity contribution is 6.30. The summed E-state index contributed by atoms with van der Waals surface area (Å²) in [6.45, 7) is 6.72. The Morgan fingerprint density at radius 1 is 1.25 bits per heavy atom. The third-order valence-electron chi connectivity index (χ3n) is 4.72. The molecule has 1 aliphatic carbocycles. The monoisotopic (exact) mass is 293 g/mol. The molecule has 1 aliphatic heterocycles. The van der Waals surface area contributed by atoms with Gasteiger partial charge in [0.1, 0.15) is 5.82 Å². The summed E-state index contributed by atoms with van der Waals surface area (Å²) in [5.41, 5.74) is 1.45. The molecule has 0 amide bonds. The molecule has 0 atom stereocenters. The van der Waals surface area contributed by atoms with Gasteiger partial charge in [0.05, 0.1) is 5.02 Å². The van der Waals surface area contributed by atoms with Crippen molar-refractivity contribution in [3.8, 4) is 0 Å². The predicted octanol–water partition coefficient (Wildman–Crippen LogP) is 2.79. The van der Waals surface area contributed by atoms with Gasteiger partial charge in [0.25, 0.3) is 0 Å². The van der Waals surface area contributed by atoms with Crippen LogP contribution in [0.15, 0.2) is 12.1 Å². The minimum absolute atomic E-state index is 0.0000334. The molecule has 1 saturated heterocycles. The lowest BCUT2D eigenvalue weighted by Crippen LogP contribution is -2.35. The van der Waals surface area contributed by atoms with Crippen LogP contribution in [0.2, 0.25) is 5.02 Å². The zero-order chi connectivity index (χ0) is 14.5. The lowest BCUT2D eigenvalue weighted by atomic mass is 9.75. The van der Waals surface area contributed by atoms with Gasteiger partial charge in [-0.05, 0) is 67.0 Å². The Hall–Kier alpha value is -0.860. The summed E-state index contributed by atoms with van der Waals surface area (Å²) >= 11 is 6.00. The van der Waals surface area contributed by atoms with Crippen LogP contribution in [0.25, 0.3) is 11.6 Å². The fraction of sp³-hybridized carbons (Fsp3) is 0.529. The zero-order valence-electron chi connectivity index (χ0n) is 12.3. The second-order valence-electron chi connectivity index (χ2n) is 6.71. The average molecular weight is 294 g/mol. The van der Waals surface area contributed by atoms with Gasteiger partial charge in [0.2, 0.25) is 0 Å². The summed E-state index contributed by atoms with van der Waals surface area (Å²) in [6, 6.07) is 3.41. The maximum absolute atomic E-state index is 13.7. The van der Waals surface area contributed by atoms with Gasteiger partial charge in [-0.25, -0.2) is 4.39 Å². The van der Waals surface area contributed by atoms with E-state index in [9.17, 15) is 4.39 Å². The summed E-state index contributed by atoms with van der Waals surface area (Å²) in [5, 5.41) is 2.40. The third-order valence-corrected chi connectivity index (χ3v) is 5.01. The van der Waals surface area contributed by atoms with E-state index in [1.54, 1.807) is 6.07 Å². The van der Waals surface area contributed by atoms with E-state index in [0.717, 1.165) is 23.5 Å². The molecule has 0 radical (unpaired) electrons. The summed E-state index contributed by atoms with van der Waals surface area (Å²) < 4.78 is 13.7. The predicted molar refractivity (Wildman–Crippen MR) is 82.5 cm³/mol. The highest BCUT2D eigenvalue weighted by Gasteiger charge is 2.33. The van der Waals surface area contributed by atoms with Gasteiger partial charge >= 0.3 is 0 Å². The Morgan fingerprint density at radius 2 is 1.90 bits per heavy atom. The molecular weight excluding hydrogens is 273 g/mol. The van der Waals surface area contributed by atoms with Crippen LogP contribution in [0.3, 0.4) is 0 Å². The van der Waals surface area contributed by atoms with E-state index in [-0.39, 0.29) is 16.3 Å². The number of nitrogens with zero attached hydrogens (tertiary/aromatic N) is 1. The van der Waals surface area contributed by atoms with Gasteiger partial charge in [-0.2, -0.15) is 0 Å². The second-order valence-corrected chi connectivity index (χ2v) is 7.12. The van der Waals surface area contributed by atoms with E-state index in [1.807, 2.05) is 6.07 Å². The molecule has 0 saturated carbocycles. The molecule has 1 fully saturated rings. The van der Waals surface area contributed by atoms with E-state index in [0.29, 0.717) is 5.92 Å². The van der Waals surface area contributed by atoms with Crippen LogP contribution in [-0.4, -0.2) is 25.0 Å². The largest absolute Gasteiger partial charge is 0.306 e. The van der Waals surface area contributed by atoms with Crippen molar-refractivity contribution < 1.29 is 4.39 Å². The molecule has 0 N–H and O–H groups in total. The Labute approximate surface area is 124 Å². The van der Waals surface area contributed by atoms with E-state index >= 15 is 0 Å². The number of hydrogen-bond acceptors (Lipinski definition) is 1. The number of benzene rings is 1. The van der Waals surface area contributed by atoms with E-state index in [1.165, 1.54) is 18.4 Å². The molecule has 0 unspecified atom stereocenters. The summed E-state index contributed by atoms with van der Waals surface area (Å²) in [6.07, 6.45) is 4.55. The van der Waals surface area contributed by atoms with E-state index in [4.69, 9.17) is 11.6 Å². The van der Waals surface area contributed by atoms with Gasteiger partial charge in [0, 0.05) is 5.41 Å². The van der Waals surface area contributed by atoms with Crippen molar-refractivity contribution in [3.05, 3.63) is 33.4 Å². The first-order chi connectivity index (χ1) is 9.38. The Bertz CT molecular complexity index is 654. The maximum atomic E-state index is 13.7. The summed E-state index contributed by atoms with van der Waals surface area (Å²) in [4.78, 5) is 2.38. The van der Waals surface area contributed by atoms with Crippen LogP contribution < -0.4 is 10.4 Å². The van der Waals surface area contributed by atoms with Crippen LogP contribution in [0.5, 0.6) is 0 Å². The lowest BCUT2D eigenvalue weighted by molar-refractivity contribution is 0.242. The molecular formula is C17H21ClFN. The van der Waals surface area contributed by atoms with Crippen LogP contribution >= 0.6 is 11.6 Å². The lowest BCUT2D eigenvalue weighted by Gasteiger charge is -2.35. The van der Waals surface area contributed by atoms with E-state index < -0.39 is 0 Å². The Morgan fingerprint density at radius 3 is 2.55 bits per heavy atom. The molecule has 1 nitrogen and oxygen atoms in total. The van der Waals surface area contributed by atoms with Gasteiger partial charge in [-0.15, -0.1) is 0 Å². The fourth-order valence-electron chi connectivity index (χ4n) is 3.77. The normalized spacial score (nSPS) is 22.8. The first-order valence-electron chi connectivity index (χ1n) is 7.29. The Balaban J connectivity index is 2.15. The number of fused-ring (bicyclic) bond motifs is 1. The van der Waals surface area contributed by atoms with Crippen LogP contribution in [0.4, 0.5) is 4.39 Å². The summed E-state index contributed by atoms with van der Waals surface area (Å²) in [7, 11) is 2.17. The number of piperidine rings is 1. The highest BCUT2D eigenvalue weighted by Crippen LogP contribution is 2.40. The SMILES string of the molecule is CN1CCC(C2=c3cc(Cl)c(F)cc3=CC2(C)C)CC1. The minimum atomic E-state index is -0.318. The molecule has 0 spiro atoms. The van der Waals surface area contributed by atoms with Crippen molar-refractivity contribution in [2.45, 2.75) is 26.7 Å². The highest BCUT2D eigenvalue weighted by atomic mass is 35.5. The van der Waals surface area contributed by atoms with Crippen molar-refractivity contribution >= 4 is 23.3 Å². The minimum Gasteiger partial charge on any atom is -0.306 e. The smallest absolute Gasteiger partial charge is 0.142 e. The number of halogens is 2. The molecule has 0 bridgehead atoms. The molecule has 0 aromatic heterocycles. The van der Waals surface area contributed by atoms with Crippen molar-refractivity contribution in [1.29, 1.82) is 0 Å². The Kier molecular flexibility index (Phi) is 3.42. The molecule has 1 heterocycles. The zero-order valence-corrected chi connectivity index (χ0v) is 13.1. The number of likely N-dealkylation sites (tertiary alicyclic amines) is 1. The van der Waals surface area contributed by atoms with Gasteiger partial charge in [-0.1, -0.05) is 31.5 Å². The van der Waals surface area contributed by atoms with Gasteiger partial charge in [-0.3, -0.25) is 0 Å². The van der Waals surface area contributed by atoms with Gasteiger partial charge < -0.3 is 4.90 Å². The van der Waals surface area contributed by atoms with Crippen LogP contribution in [-0.2, 0) is 0 Å². The molecule has 1 aromatic carbocycles. The molecule has 20 heavy (non-hydrogen) atoms. The van der Waals surface area contributed by atoms with E-state index in [2.05, 4.69) is 31.9 Å². The fourth-order valence-corrected chi connectivity index (χ4v) is 3.94. The number of hydrogen-bond donors (Lipinski definition) is 0. The standard InChI is InChI=1S/C17H21ClFN/c1-17(2)10-12-8-15(19)14(18)9-13(12)16(17)11-4-6-20(3)7-5-11/h8-11H,4-7H2,1-3H3. The maximum Gasteiger partial charge on any atom is 0.142 e. The second kappa shape index (κ2) is 4.85. The van der Waals surface area contributed by atoms with Crippen molar-refractivity contribution in [2.75, 3.05) is 20.1 Å². The van der Waals surface area contributed by atoms with Crippen molar-refractivity contribution in [3.63, 3.8) is 0 Å². The molecule has 1 aromatic rings. The molecule has 3 heteroatoms. The third kappa shape index (κ3) is 2.29. The first-order valence-corrected chi connectivity index (χ1v) is 7.67. The van der Waals surface area contributed by atoms with Gasteiger partial charge in [0.15, 0.2) is 0 Å². The number of rotatable bonds is 1. The van der Waals surface area contributed by atoms with Crippen molar-refractivity contribution in [1.82, 2.24) is 4.90 Å². The van der Waals surface area contributed by atoms with Crippen molar-refractivity contribution in [2.24, 2.45) is 11.3 Å². The topological polar surface area (TPSA) is 3.24 Å². The van der Waals surface area contributed by atoms with Crippen LogP contribution in [0.1, 0.15) is 26.7 Å². The summed E-state index contributed by atoms with van der Waals surface area (Å²) in [5.74, 6) is 0.266. The average Bonchev–Trinajstić information content (AvgIpc) is 2.61. The molecule has 108 valence electrons. The first kappa shape index (κ1) is 14.1.